The first kappa shape index (κ1) is 17.2. The van der Waals surface area contributed by atoms with Gasteiger partial charge < -0.3 is 9.16 Å². The molecule has 24 heavy (non-hydrogen) atoms. The van der Waals surface area contributed by atoms with Crippen molar-refractivity contribution in [2.24, 2.45) is 0 Å². The van der Waals surface area contributed by atoms with Gasteiger partial charge in [-0.15, -0.1) is 0 Å². The van der Waals surface area contributed by atoms with Crippen LogP contribution < -0.4 is 4.74 Å². The Hall–Kier alpha value is -1.58. The lowest BCUT2D eigenvalue weighted by molar-refractivity contribution is 0.0466. The fourth-order valence-corrected chi connectivity index (χ4v) is 4.57. The third-order valence-corrected chi connectivity index (χ3v) is 10.0. The highest BCUT2D eigenvalue weighted by Crippen LogP contribution is 2.47. The fourth-order valence-electron chi connectivity index (χ4n) is 2.97. The molecule has 2 nitrogen and oxygen atoms in total. The summed E-state index contributed by atoms with van der Waals surface area (Å²) < 4.78 is 12.7. The Morgan fingerprint density at radius 2 is 1.67 bits per heavy atom. The molecule has 1 atom stereocenters. The number of fused-ring (bicyclic) bond motifs is 1. The first-order valence-corrected chi connectivity index (χ1v) is 11.6. The molecule has 0 saturated heterocycles. The maximum atomic E-state index is 6.78. The molecule has 3 heteroatoms. The van der Waals surface area contributed by atoms with Crippen molar-refractivity contribution in [2.75, 3.05) is 6.61 Å². The summed E-state index contributed by atoms with van der Waals surface area (Å²) >= 11 is 0. The zero-order valence-corrected chi connectivity index (χ0v) is 16.6. The van der Waals surface area contributed by atoms with Crippen LogP contribution in [-0.2, 0) is 10.0 Å². The molecule has 0 aliphatic carbocycles. The maximum absolute atomic E-state index is 6.78. The summed E-state index contributed by atoms with van der Waals surface area (Å²) in [4.78, 5) is 0. The molecule has 3 rings (SSSR count). The van der Waals surface area contributed by atoms with Crippen LogP contribution in [0.15, 0.2) is 48.5 Å². The Morgan fingerprint density at radius 1 is 1.00 bits per heavy atom. The van der Waals surface area contributed by atoms with Gasteiger partial charge in [-0.25, -0.2) is 0 Å². The molecule has 0 spiro atoms. The molecule has 0 unspecified atom stereocenters. The van der Waals surface area contributed by atoms with E-state index in [1.807, 2.05) is 6.07 Å². The van der Waals surface area contributed by atoms with Gasteiger partial charge in [0.1, 0.15) is 18.0 Å². The highest BCUT2D eigenvalue weighted by Gasteiger charge is 2.47. The van der Waals surface area contributed by atoms with Crippen LogP contribution in [0.4, 0.5) is 0 Å². The largest absolute Gasteiger partial charge is 0.490 e. The van der Waals surface area contributed by atoms with Gasteiger partial charge in [-0.2, -0.15) is 0 Å². The van der Waals surface area contributed by atoms with Gasteiger partial charge in [0.2, 0.25) is 0 Å². The quantitative estimate of drug-likeness (QED) is 0.640. The Bertz CT molecular complexity index is 731. The van der Waals surface area contributed by atoms with Crippen molar-refractivity contribution in [1.82, 2.24) is 0 Å². The molecule has 0 N–H and O–H groups in total. The number of hydrogen-bond donors (Lipinski definition) is 0. The van der Waals surface area contributed by atoms with Gasteiger partial charge >= 0.3 is 0 Å². The average Bonchev–Trinajstić information content (AvgIpc) is 2.83. The first-order chi connectivity index (χ1) is 11.1. The zero-order chi connectivity index (χ0) is 17.6. The van der Waals surface area contributed by atoms with E-state index < -0.39 is 8.32 Å². The molecule has 128 valence electrons. The summed E-state index contributed by atoms with van der Waals surface area (Å²) in [5.74, 6) is 0.955. The van der Waals surface area contributed by atoms with E-state index in [1.54, 1.807) is 0 Å². The van der Waals surface area contributed by atoms with E-state index >= 15 is 0 Å². The Morgan fingerprint density at radius 3 is 2.29 bits per heavy atom. The topological polar surface area (TPSA) is 18.5 Å². The molecule has 2 aromatic carbocycles. The van der Waals surface area contributed by atoms with Crippen LogP contribution in [0.5, 0.6) is 5.75 Å². The van der Waals surface area contributed by atoms with E-state index in [1.165, 1.54) is 16.7 Å². The van der Waals surface area contributed by atoms with E-state index in [4.69, 9.17) is 9.16 Å². The lowest BCUT2D eigenvalue weighted by Crippen LogP contribution is -2.48. The van der Waals surface area contributed by atoms with Crippen molar-refractivity contribution in [3.8, 4) is 16.9 Å². The molecular weight excluding hydrogens is 312 g/mol. The molecular formula is C21H28O2Si. The van der Waals surface area contributed by atoms with E-state index in [2.05, 4.69) is 83.3 Å². The lowest BCUT2D eigenvalue weighted by Gasteiger charge is -2.42. The molecule has 0 bridgehead atoms. The summed E-state index contributed by atoms with van der Waals surface area (Å²) in [6.07, 6.45) is 0. The minimum Gasteiger partial charge on any atom is -0.490 e. The average molecular weight is 341 g/mol. The Balaban J connectivity index is 1.99. The second kappa shape index (κ2) is 5.75. The number of ether oxygens (including phenoxy) is 1. The van der Waals surface area contributed by atoms with Crippen LogP contribution in [0.2, 0.25) is 18.1 Å². The fraction of sp³-hybridized carbons (Fsp3) is 0.429. The predicted octanol–water partition coefficient (Wildman–Crippen LogP) is 5.98. The second-order valence-electron chi connectivity index (χ2n) is 8.46. The van der Waals surface area contributed by atoms with Crippen LogP contribution in [0, 0.1) is 0 Å². The van der Waals surface area contributed by atoms with E-state index in [0.29, 0.717) is 6.61 Å². The van der Waals surface area contributed by atoms with Gasteiger partial charge in [-0.3, -0.25) is 0 Å². The van der Waals surface area contributed by atoms with Crippen molar-refractivity contribution in [3.05, 3.63) is 54.1 Å². The van der Waals surface area contributed by atoms with Gasteiger partial charge in [0, 0.05) is 5.56 Å². The van der Waals surface area contributed by atoms with Gasteiger partial charge in [0.15, 0.2) is 8.32 Å². The van der Waals surface area contributed by atoms with Crippen LogP contribution in [0.25, 0.3) is 11.1 Å². The number of hydrogen-bond acceptors (Lipinski definition) is 2. The summed E-state index contributed by atoms with van der Waals surface area (Å²) in [7, 11) is -1.89. The van der Waals surface area contributed by atoms with E-state index in [0.717, 1.165) is 5.75 Å². The number of benzene rings is 2. The van der Waals surface area contributed by atoms with Crippen molar-refractivity contribution >= 4 is 8.32 Å². The molecule has 0 fully saturated rings. The first-order valence-electron chi connectivity index (χ1n) is 8.65. The van der Waals surface area contributed by atoms with Crippen molar-refractivity contribution in [2.45, 2.75) is 51.4 Å². The SMILES string of the molecule is CC(C)(C)[Si](C)(C)O[C@@]1(C)COc2ccc(-c3ccccc3)cc21. The molecule has 0 amide bonds. The van der Waals surface area contributed by atoms with Crippen molar-refractivity contribution in [1.29, 1.82) is 0 Å². The molecule has 1 heterocycles. The van der Waals surface area contributed by atoms with Crippen LogP contribution in [0.3, 0.4) is 0 Å². The summed E-state index contributed by atoms with van der Waals surface area (Å²) in [6.45, 7) is 14.2. The highest BCUT2D eigenvalue weighted by atomic mass is 28.4. The lowest BCUT2D eigenvalue weighted by atomic mass is 9.94. The third kappa shape index (κ3) is 3.03. The Kier molecular flexibility index (Phi) is 4.13. The van der Waals surface area contributed by atoms with Crippen molar-refractivity contribution < 1.29 is 9.16 Å². The monoisotopic (exact) mass is 340 g/mol. The second-order valence-corrected chi connectivity index (χ2v) is 13.2. The molecule has 0 radical (unpaired) electrons. The third-order valence-electron chi connectivity index (χ3n) is 5.45. The van der Waals surface area contributed by atoms with Crippen LogP contribution in [-0.4, -0.2) is 14.9 Å². The van der Waals surface area contributed by atoms with Gasteiger partial charge in [-0.05, 0) is 48.3 Å². The summed E-state index contributed by atoms with van der Waals surface area (Å²) in [5.41, 5.74) is 3.24. The minimum absolute atomic E-state index is 0.176. The molecule has 2 aromatic rings. The summed E-state index contributed by atoms with van der Waals surface area (Å²) in [5, 5.41) is 0.176. The highest BCUT2D eigenvalue weighted by molar-refractivity contribution is 6.74. The normalized spacial score (nSPS) is 20.6. The molecule has 1 aliphatic rings. The predicted molar refractivity (Wildman–Crippen MR) is 103 cm³/mol. The molecule has 0 saturated carbocycles. The van der Waals surface area contributed by atoms with Crippen molar-refractivity contribution in [3.63, 3.8) is 0 Å². The van der Waals surface area contributed by atoms with E-state index in [9.17, 15) is 0 Å². The zero-order valence-electron chi connectivity index (χ0n) is 15.6. The maximum Gasteiger partial charge on any atom is 0.193 e. The van der Waals surface area contributed by atoms with Gasteiger partial charge in [0.05, 0.1) is 0 Å². The minimum atomic E-state index is -1.89. The van der Waals surface area contributed by atoms with Crippen LogP contribution >= 0.6 is 0 Å². The van der Waals surface area contributed by atoms with Gasteiger partial charge in [0.25, 0.3) is 0 Å². The summed E-state index contributed by atoms with van der Waals surface area (Å²) in [6, 6.07) is 16.9. The van der Waals surface area contributed by atoms with Crippen LogP contribution in [0.1, 0.15) is 33.3 Å². The Labute approximate surface area is 146 Å². The number of rotatable bonds is 3. The smallest absolute Gasteiger partial charge is 0.193 e. The van der Waals surface area contributed by atoms with E-state index in [-0.39, 0.29) is 10.6 Å². The molecule has 0 aromatic heterocycles. The molecule has 1 aliphatic heterocycles. The van der Waals surface area contributed by atoms with Gasteiger partial charge in [-0.1, -0.05) is 57.2 Å². The standard InChI is InChI=1S/C21H28O2Si/c1-20(2,3)24(5,6)23-21(4)15-22-19-13-12-17(14-18(19)21)16-10-8-7-9-11-16/h7-14H,15H2,1-6H3/t21-/m0/s1.